The Labute approximate surface area is 125 Å². The summed E-state index contributed by atoms with van der Waals surface area (Å²) >= 11 is 0. The zero-order valence-corrected chi connectivity index (χ0v) is 12.9. The number of nitrogens with zero attached hydrogens (tertiary/aromatic N) is 4. The van der Waals surface area contributed by atoms with Gasteiger partial charge in [0, 0.05) is 6.54 Å². The van der Waals surface area contributed by atoms with Gasteiger partial charge in [-0.15, -0.1) is 0 Å². The summed E-state index contributed by atoms with van der Waals surface area (Å²) in [6, 6.07) is 8.02. The molecule has 1 unspecified atom stereocenters. The van der Waals surface area contributed by atoms with Crippen LogP contribution in [0.2, 0.25) is 0 Å². The molecule has 1 aromatic carbocycles. The second-order valence-corrected chi connectivity index (χ2v) is 5.56. The van der Waals surface area contributed by atoms with Crippen molar-refractivity contribution in [3.8, 4) is 5.88 Å². The van der Waals surface area contributed by atoms with Crippen molar-refractivity contribution in [2.75, 3.05) is 32.1 Å². The van der Waals surface area contributed by atoms with Crippen molar-refractivity contribution < 1.29 is 4.74 Å². The second kappa shape index (κ2) is 5.85. The zero-order chi connectivity index (χ0) is 14.8. The van der Waals surface area contributed by atoms with E-state index in [2.05, 4.69) is 28.9 Å². The molecule has 112 valence electrons. The number of hydrogen-bond acceptors (Lipinski definition) is 5. The third kappa shape index (κ3) is 2.65. The van der Waals surface area contributed by atoms with Gasteiger partial charge < -0.3 is 9.64 Å². The third-order valence-corrected chi connectivity index (χ3v) is 3.91. The summed E-state index contributed by atoms with van der Waals surface area (Å²) in [5, 5.41) is 0.976. The predicted molar refractivity (Wildman–Crippen MR) is 84.8 cm³/mol. The molecular weight excluding hydrogens is 264 g/mol. The molecular formula is C16H22N4O. The molecule has 1 aliphatic heterocycles. The minimum Gasteiger partial charge on any atom is -0.477 e. The summed E-state index contributed by atoms with van der Waals surface area (Å²) in [5.74, 6) is 1.45. The molecule has 1 fully saturated rings. The Morgan fingerprint density at radius 1 is 1.29 bits per heavy atom. The predicted octanol–water partition coefficient (Wildman–Crippen LogP) is 2.52. The van der Waals surface area contributed by atoms with Gasteiger partial charge in [-0.2, -0.15) is 4.98 Å². The number of ether oxygens (including phenoxy) is 1. The molecule has 0 saturated carbocycles. The molecule has 1 saturated heterocycles. The first-order valence-corrected chi connectivity index (χ1v) is 7.53. The van der Waals surface area contributed by atoms with E-state index < -0.39 is 0 Å². The fourth-order valence-corrected chi connectivity index (χ4v) is 2.93. The van der Waals surface area contributed by atoms with Crippen molar-refractivity contribution in [3.05, 3.63) is 24.3 Å². The fourth-order valence-electron chi connectivity index (χ4n) is 2.93. The average Bonchev–Trinajstić information content (AvgIpc) is 2.97. The standard InChI is InChI=1S/C16H22N4O/c1-4-21-15-12-8-5-6-9-13(12)17-16(18-15)20-11-7-10-14(20)19(2)3/h5-6,8-9,14H,4,7,10-11H2,1-3H3. The highest BCUT2D eigenvalue weighted by Gasteiger charge is 2.29. The monoisotopic (exact) mass is 286 g/mol. The lowest BCUT2D eigenvalue weighted by Gasteiger charge is -2.30. The Hall–Kier alpha value is -1.88. The molecule has 0 amide bonds. The summed E-state index contributed by atoms with van der Waals surface area (Å²) < 4.78 is 5.72. The third-order valence-electron chi connectivity index (χ3n) is 3.91. The van der Waals surface area contributed by atoms with Crippen molar-refractivity contribution >= 4 is 16.9 Å². The van der Waals surface area contributed by atoms with E-state index >= 15 is 0 Å². The number of benzene rings is 1. The van der Waals surface area contributed by atoms with Crippen LogP contribution in [-0.2, 0) is 0 Å². The number of hydrogen-bond donors (Lipinski definition) is 0. The Morgan fingerprint density at radius 2 is 2.10 bits per heavy atom. The molecule has 2 aromatic rings. The maximum Gasteiger partial charge on any atom is 0.230 e. The highest BCUT2D eigenvalue weighted by Crippen LogP contribution is 2.29. The molecule has 0 radical (unpaired) electrons. The molecule has 21 heavy (non-hydrogen) atoms. The normalized spacial score (nSPS) is 18.7. The van der Waals surface area contributed by atoms with Gasteiger partial charge in [-0.05, 0) is 46.0 Å². The van der Waals surface area contributed by atoms with E-state index in [1.807, 2.05) is 31.2 Å². The molecule has 1 aromatic heterocycles. The Kier molecular flexibility index (Phi) is 3.92. The molecule has 0 bridgehead atoms. The van der Waals surface area contributed by atoms with Gasteiger partial charge in [-0.1, -0.05) is 12.1 Å². The summed E-state index contributed by atoms with van der Waals surface area (Å²) in [5.41, 5.74) is 0.940. The lowest BCUT2D eigenvalue weighted by atomic mass is 10.2. The number of para-hydroxylation sites is 1. The summed E-state index contributed by atoms with van der Waals surface area (Å²) in [7, 11) is 4.21. The highest BCUT2D eigenvalue weighted by atomic mass is 16.5. The quantitative estimate of drug-likeness (QED) is 0.864. The first-order chi connectivity index (χ1) is 10.2. The minimum atomic E-state index is 0.362. The van der Waals surface area contributed by atoms with E-state index in [9.17, 15) is 0 Å². The van der Waals surface area contributed by atoms with E-state index in [0.717, 1.165) is 29.8 Å². The van der Waals surface area contributed by atoms with Gasteiger partial charge in [0.15, 0.2) is 0 Å². The summed E-state index contributed by atoms with van der Waals surface area (Å²) in [6.07, 6.45) is 2.68. The highest BCUT2D eigenvalue weighted by molar-refractivity contribution is 5.84. The fraction of sp³-hybridized carbons (Fsp3) is 0.500. The number of rotatable bonds is 4. The largest absolute Gasteiger partial charge is 0.477 e. The van der Waals surface area contributed by atoms with Crippen LogP contribution in [0.4, 0.5) is 5.95 Å². The average molecular weight is 286 g/mol. The number of anilines is 1. The lowest BCUT2D eigenvalue weighted by Crippen LogP contribution is -2.41. The molecule has 1 atom stereocenters. The van der Waals surface area contributed by atoms with E-state index in [4.69, 9.17) is 9.72 Å². The van der Waals surface area contributed by atoms with E-state index in [1.54, 1.807) is 0 Å². The van der Waals surface area contributed by atoms with Crippen molar-refractivity contribution in [3.63, 3.8) is 0 Å². The Balaban J connectivity index is 2.06. The number of aromatic nitrogens is 2. The molecule has 5 nitrogen and oxygen atoms in total. The maximum absolute atomic E-state index is 5.72. The first-order valence-electron chi connectivity index (χ1n) is 7.53. The van der Waals surface area contributed by atoms with Crippen LogP contribution in [0.5, 0.6) is 5.88 Å². The maximum atomic E-state index is 5.72. The van der Waals surface area contributed by atoms with E-state index in [1.165, 1.54) is 6.42 Å². The van der Waals surface area contributed by atoms with Crippen LogP contribution in [0, 0.1) is 0 Å². The summed E-state index contributed by atoms with van der Waals surface area (Å²) in [6.45, 7) is 3.58. The number of fused-ring (bicyclic) bond motifs is 1. The smallest absolute Gasteiger partial charge is 0.230 e. The van der Waals surface area contributed by atoms with Gasteiger partial charge >= 0.3 is 0 Å². The van der Waals surface area contributed by atoms with Gasteiger partial charge in [0.05, 0.1) is 23.7 Å². The topological polar surface area (TPSA) is 41.5 Å². The zero-order valence-electron chi connectivity index (χ0n) is 12.9. The first kappa shape index (κ1) is 14.1. The van der Waals surface area contributed by atoms with E-state index in [-0.39, 0.29) is 0 Å². The molecule has 0 N–H and O–H groups in total. The molecule has 1 aliphatic rings. The SMILES string of the molecule is CCOc1nc(N2CCCC2N(C)C)nc2ccccc12. The van der Waals surface area contributed by atoms with Crippen molar-refractivity contribution in [2.24, 2.45) is 0 Å². The van der Waals surface area contributed by atoms with Crippen LogP contribution >= 0.6 is 0 Å². The Bertz CT molecular complexity index is 629. The van der Waals surface area contributed by atoms with Crippen LogP contribution in [0.25, 0.3) is 10.9 Å². The van der Waals surface area contributed by atoms with Crippen LogP contribution in [0.1, 0.15) is 19.8 Å². The molecule has 0 spiro atoms. The van der Waals surface area contributed by atoms with Crippen LogP contribution in [0.15, 0.2) is 24.3 Å². The minimum absolute atomic E-state index is 0.362. The van der Waals surface area contributed by atoms with Crippen LogP contribution in [0.3, 0.4) is 0 Å². The second-order valence-electron chi connectivity index (χ2n) is 5.56. The van der Waals surface area contributed by atoms with E-state index in [0.29, 0.717) is 18.7 Å². The Morgan fingerprint density at radius 3 is 2.86 bits per heavy atom. The lowest BCUT2D eigenvalue weighted by molar-refractivity contribution is 0.297. The van der Waals surface area contributed by atoms with Gasteiger partial charge in [0.25, 0.3) is 0 Å². The van der Waals surface area contributed by atoms with Crippen molar-refractivity contribution in [1.82, 2.24) is 14.9 Å². The summed E-state index contributed by atoms with van der Waals surface area (Å²) in [4.78, 5) is 13.9. The molecule has 3 rings (SSSR count). The van der Waals surface area contributed by atoms with Gasteiger partial charge in [0.1, 0.15) is 0 Å². The van der Waals surface area contributed by atoms with Crippen LogP contribution < -0.4 is 9.64 Å². The van der Waals surface area contributed by atoms with Gasteiger partial charge in [-0.3, -0.25) is 4.90 Å². The van der Waals surface area contributed by atoms with Crippen molar-refractivity contribution in [2.45, 2.75) is 25.9 Å². The van der Waals surface area contributed by atoms with Gasteiger partial charge in [-0.25, -0.2) is 4.98 Å². The molecule has 5 heteroatoms. The molecule has 0 aliphatic carbocycles. The van der Waals surface area contributed by atoms with Crippen molar-refractivity contribution in [1.29, 1.82) is 0 Å². The van der Waals surface area contributed by atoms with Gasteiger partial charge in [0.2, 0.25) is 11.8 Å². The van der Waals surface area contributed by atoms with Crippen LogP contribution in [-0.4, -0.2) is 48.3 Å². The molecule has 2 heterocycles.